The fraction of sp³-hybridized carbons (Fsp3) is 0.500. The fourth-order valence-corrected chi connectivity index (χ4v) is 2.54. The molecule has 2 atom stereocenters. The van der Waals surface area contributed by atoms with Gasteiger partial charge in [-0.1, -0.05) is 13.0 Å². The molecular weight excluding hydrogens is 212 g/mol. The Bertz CT molecular complexity index is 417. The van der Waals surface area contributed by atoms with Crippen LogP contribution in [0.4, 0.5) is 8.78 Å². The van der Waals surface area contributed by atoms with Gasteiger partial charge in [0.2, 0.25) is 0 Å². The number of halogens is 2. The predicted octanol–water partition coefficient (Wildman–Crippen LogP) is 1.56. The van der Waals surface area contributed by atoms with Crippen molar-refractivity contribution in [3.8, 4) is 0 Å². The maximum absolute atomic E-state index is 13.6. The summed E-state index contributed by atoms with van der Waals surface area (Å²) in [4.78, 5) is 0. The van der Waals surface area contributed by atoms with Crippen molar-refractivity contribution < 1.29 is 13.9 Å². The largest absolute Gasteiger partial charge is 0.396 e. The molecule has 0 amide bonds. The Hall–Kier alpha value is -1.00. The molecular formula is C12H15F2NO. The van der Waals surface area contributed by atoms with Gasteiger partial charge in [0.25, 0.3) is 0 Å². The molecule has 1 aliphatic rings. The number of nitrogens with two attached hydrogens (primary N) is 1. The van der Waals surface area contributed by atoms with Crippen LogP contribution in [0.5, 0.6) is 0 Å². The first-order valence-electron chi connectivity index (χ1n) is 5.25. The normalized spacial score (nSPS) is 32.8. The molecule has 1 aromatic rings. The summed E-state index contributed by atoms with van der Waals surface area (Å²) in [5.74, 6) is -1.15. The number of aliphatic hydroxyl groups excluding tert-OH is 1. The molecule has 0 aliphatic heterocycles. The van der Waals surface area contributed by atoms with Gasteiger partial charge in [0.1, 0.15) is 11.6 Å². The Balaban J connectivity index is 2.40. The smallest absolute Gasteiger partial charge is 0.129 e. The van der Waals surface area contributed by atoms with Gasteiger partial charge in [-0.2, -0.15) is 0 Å². The molecule has 0 heterocycles. The third-order valence-electron chi connectivity index (χ3n) is 3.96. The lowest BCUT2D eigenvalue weighted by atomic mass is 9.87. The first-order chi connectivity index (χ1) is 7.49. The van der Waals surface area contributed by atoms with E-state index in [1.807, 2.05) is 6.92 Å². The monoisotopic (exact) mass is 227 g/mol. The van der Waals surface area contributed by atoms with E-state index in [0.717, 1.165) is 6.07 Å². The standard InChI is InChI=1S/C12H15F2NO/c1-11(5-12(11,6-15)7-16)9-3-2-8(13)4-10(9)14/h2-4,16H,5-7,15H2,1H3. The Morgan fingerprint density at radius 2 is 2.12 bits per heavy atom. The van der Waals surface area contributed by atoms with Crippen LogP contribution in [0.2, 0.25) is 0 Å². The minimum Gasteiger partial charge on any atom is -0.396 e. The van der Waals surface area contributed by atoms with E-state index >= 15 is 0 Å². The third kappa shape index (κ3) is 1.37. The minimum absolute atomic E-state index is 0.0726. The molecule has 0 saturated heterocycles. The van der Waals surface area contributed by atoms with Gasteiger partial charge in [0.05, 0.1) is 6.61 Å². The van der Waals surface area contributed by atoms with Gasteiger partial charge in [0, 0.05) is 23.4 Å². The molecule has 2 rings (SSSR count). The molecule has 2 nitrogen and oxygen atoms in total. The Morgan fingerprint density at radius 3 is 2.56 bits per heavy atom. The van der Waals surface area contributed by atoms with Gasteiger partial charge < -0.3 is 10.8 Å². The molecule has 88 valence electrons. The minimum atomic E-state index is -0.590. The highest BCUT2D eigenvalue weighted by Gasteiger charge is 2.64. The molecule has 1 saturated carbocycles. The van der Waals surface area contributed by atoms with Crippen molar-refractivity contribution in [1.29, 1.82) is 0 Å². The summed E-state index contributed by atoms with van der Waals surface area (Å²) in [6.45, 7) is 2.08. The second kappa shape index (κ2) is 3.50. The molecule has 3 N–H and O–H groups in total. The summed E-state index contributed by atoms with van der Waals surface area (Å²) in [5.41, 5.74) is 5.12. The van der Waals surface area contributed by atoms with Crippen molar-refractivity contribution in [3.05, 3.63) is 35.4 Å². The Labute approximate surface area is 93.1 Å². The molecule has 0 spiro atoms. The summed E-state index contributed by atoms with van der Waals surface area (Å²) in [6.07, 6.45) is 0.634. The lowest BCUT2D eigenvalue weighted by molar-refractivity contribution is 0.197. The van der Waals surface area contributed by atoms with E-state index < -0.39 is 22.5 Å². The van der Waals surface area contributed by atoms with Crippen LogP contribution in [0, 0.1) is 17.0 Å². The van der Waals surface area contributed by atoms with Crippen molar-refractivity contribution in [1.82, 2.24) is 0 Å². The van der Waals surface area contributed by atoms with Crippen LogP contribution < -0.4 is 5.73 Å². The van der Waals surface area contributed by atoms with Crippen LogP contribution in [0.15, 0.2) is 18.2 Å². The zero-order valence-corrected chi connectivity index (χ0v) is 9.13. The number of hydrogen-bond acceptors (Lipinski definition) is 2. The molecule has 1 aromatic carbocycles. The highest BCUT2D eigenvalue weighted by Crippen LogP contribution is 2.64. The highest BCUT2D eigenvalue weighted by molar-refractivity contribution is 5.38. The molecule has 1 aliphatic carbocycles. The van der Waals surface area contributed by atoms with E-state index in [4.69, 9.17) is 5.73 Å². The summed E-state index contributed by atoms with van der Waals surface area (Å²) in [5, 5.41) is 9.32. The molecule has 4 heteroatoms. The van der Waals surface area contributed by atoms with Gasteiger partial charge >= 0.3 is 0 Å². The Morgan fingerprint density at radius 1 is 1.44 bits per heavy atom. The zero-order chi connectivity index (χ0) is 12.0. The maximum atomic E-state index is 13.6. The first-order valence-corrected chi connectivity index (χ1v) is 5.25. The molecule has 0 aromatic heterocycles. The SMILES string of the molecule is CC1(c2ccc(F)cc2F)CC1(CN)CO. The van der Waals surface area contributed by atoms with Crippen LogP contribution in [0.1, 0.15) is 18.9 Å². The van der Waals surface area contributed by atoms with E-state index in [1.165, 1.54) is 12.1 Å². The summed E-state index contributed by atoms with van der Waals surface area (Å²) >= 11 is 0. The first kappa shape index (κ1) is 11.5. The molecule has 0 radical (unpaired) electrons. The lowest BCUT2D eigenvalue weighted by Gasteiger charge is -2.20. The quantitative estimate of drug-likeness (QED) is 0.823. The van der Waals surface area contributed by atoms with E-state index in [2.05, 4.69) is 0 Å². The maximum Gasteiger partial charge on any atom is 0.129 e. The van der Waals surface area contributed by atoms with Crippen LogP contribution in [-0.4, -0.2) is 18.3 Å². The predicted molar refractivity (Wildman–Crippen MR) is 56.9 cm³/mol. The average Bonchev–Trinajstić information content (AvgIpc) is 2.85. The van der Waals surface area contributed by atoms with E-state index in [9.17, 15) is 13.9 Å². The second-order valence-electron chi connectivity index (χ2n) is 4.78. The molecule has 0 bridgehead atoms. The van der Waals surface area contributed by atoms with E-state index in [0.29, 0.717) is 18.5 Å². The van der Waals surface area contributed by atoms with Gasteiger partial charge in [-0.25, -0.2) is 8.78 Å². The van der Waals surface area contributed by atoms with Gasteiger partial charge in [-0.15, -0.1) is 0 Å². The van der Waals surface area contributed by atoms with Gasteiger partial charge in [-0.05, 0) is 18.1 Å². The van der Waals surface area contributed by atoms with Crippen molar-refractivity contribution in [2.24, 2.45) is 11.1 Å². The molecule has 2 unspecified atom stereocenters. The van der Waals surface area contributed by atoms with Crippen molar-refractivity contribution in [2.45, 2.75) is 18.8 Å². The highest BCUT2D eigenvalue weighted by atomic mass is 19.1. The van der Waals surface area contributed by atoms with Crippen molar-refractivity contribution >= 4 is 0 Å². The lowest BCUT2D eigenvalue weighted by Crippen LogP contribution is -2.28. The number of hydrogen-bond donors (Lipinski definition) is 2. The van der Waals surface area contributed by atoms with Crippen LogP contribution >= 0.6 is 0 Å². The summed E-state index contributed by atoms with van der Waals surface area (Å²) in [6, 6.07) is 3.55. The fourth-order valence-electron chi connectivity index (χ4n) is 2.54. The summed E-state index contributed by atoms with van der Waals surface area (Å²) < 4.78 is 26.4. The molecule has 1 fully saturated rings. The Kier molecular flexibility index (Phi) is 2.51. The third-order valence-corrected chi connectivity index (χ3v) is 3.96. The average molecular weight is 227 g/mol. The van der Waals surface area contributed by atoms with Crippen molar-refractivity contribution in [2.75, 3.05) is 13.2 Å². The van der Waals surface area contributed by atoms with Crippen LogP contribution in [-0.2, 0) is 5.41 Å². The zero-order valence-electron chi connectivity index (χ0n) is 9.13. The molecule has 16 heavy (non-hydrogen) atoms. The van der Waals surface area contributed by atoms with Crippen LogP contribution in [0.25, 0.3) is 0 Å². The van der Waals surface area contributed by atoms with Crippen molar-refractivity contribution in [3.63, 3.8) is 0 Å². The van der Waals surface area contributed by atoms with E-state index in [1.54, 1.807) is 0 Å². The number of benzene rings is 1. The van der Waals surface area contributed by atoms with Gasteiger partial charge in [-0.3, -0.25) is 0 Å². The van der Waals surface area contributed by atoms with E-state index in [-0.39, 0.29) is 6.61 Å². The number of rotatable bonds is 3. The second-order valence-corrected chi connectivity index (χ2v) is 4.78. The van der Waals surface area contributed by atoms with Gasteiger partial charge in [0.15, 0.2) is 0 Å². The van der Waals surface area contributed by atoms with Crippen LogP contribution in [0.3, 0.4) is 0 Å². The topological polar surface area (TPSA) is 46.2 Å². The number of aliphatic hydroxyl groups is 1. The summed E-state index contributed by atoms with van der Waals surface area (Å²) in [7, 11) is 0.